The summed E-state index contributed by atoms with van der Waals surface area (Å²) in [6.45, 7) is 0.162. The van der Waals surface area contributed by atoms with Crippen LogP contribution in [0.25, 0.3) is 0 Å². The van der Waals surface area contributed by atoms with Crippen LogP contribution >= 0.6 is 12.4 Å². The molecule has 0 aliphatic rings. The number of ether oxygens (including phenoxy) is 2. The molecule has 0 heterocycles. The minimum atomic E-state index is -0.816. The van der Waals surface area contributed by atoms with Crippen LogP contribution in [0.15, 0.2) is 30.3 Å². The van der Waals surface area contributed by atoms with Gasteiger partial charge in [-0.25, -0.2) is 4.79 Å². The first-order valence-electron chi connectivity index (χ1n) is 6.97. The summed E-state index contributed by atoms with van der Waals surface area (Å²) in [5.74, 6) is -0.488. The van der Waals surface area contributed by atoms with Crippen molar-refractivity contribution in [2.24, 2.45) is 5.73 Å². The lowest BCUT2D eigenvalue weighted by Crippen LogP contribution is -2.40. The molecule has 0 bridgehead atoms. The molecule has 0 saturated heterocycles. The number of alkyl carbamates (subject to hydrolysis) is 1. The molecule has 1 aromatic rings. The highest BCUT2D eigenvalue weighted by Crippen LogP contribution is 2.06. The third kappa shape index (κ3) is 9.02. The summed E-state index contributed by atoms with van der Waals surface area (Å²) in [7, 11) is 1.26. The van der Waals surface area contributed by atoms with Gasteiger partial charge in [-0.2, -0.15) is 0 Å². The van der Waals surface area contributed by atoms with E-state index >= 15 is 0 Å². The zero-order valence-electron chi connectivity index (χ0n) is 12.9. The summed E-state index contributed by atoms with van der Waals surface area (Å²) in [6, 6.07) is 8.61. The van der Waals surface area contributed by atoms with E-state index in [0.717, 1.165) is 5.56 Å². The number of hydrogen-bond donors (Lipinski definition) is 3. The fourth-order valence-electron chi connectivity index (χ4n) is 1.83. The summed E-state index contributed by atoms with van der Waals surface area (Å²) in [5, 5.41) is 12.1. The summed E-state index contributed by atoms with van der Waals surface area (Å²) in [5.41, 5.74) is 6.19. The van der Waals surface area contributed by atoms with E-state index in [1.807, 2.05) is 30.3 Å². The average Bonchev–Trinajstić information content (AvgIpc) is 2.53. The second-order valence-electron chi connectivity index (χ2n) is 4.81. The highest BCUT2D eigenvalue weighted by molar-refractivity contribution is 5.85. The maximum atomic E-state index is 11.8. The fourth-order valence-corrected chi connectivity index (χ4v) is 1.83. The lowest BCUT2D eigenvalue weighted by Gasteiger charge is -2.19. The molecule has 8 heteroatoms. The Hall–Kier alpha value is -1.83. The van der Waals surface area contributed by atoms with Gasteiger partial charge in [0.2, 0.25) is 0 Å². The number of hydrogen-bond acceptors (Lipinski definition) is 6. The van der Waals surface area contributed by atoms with Crippen LogP contribution in [-0.2, 0) is 20.9 Å². The molecule has 1 amide bonds. The smallest absolute Gasteiger partial charge is 0.407 e. The van der Waals surface area contributed by atoms with Crippen LogP contribution in [0.4, 0.5) is 4.79 Å². The Morgan fingerprint density at radius 1 is 1.30 bits per heavy atom. The predicted molar refractivity (Wildman–Crippen MR) is 87.1 cm³/mol. The Balaban J connectivity index is 0.00000484. The van der Waals surface area contributed by atoms with E-state index in [2.05, 4.69) is 10.1 Å². The maximum Gasteiger partial charge on any atom is 0.407 e. The molecule has 1 rings (SSSR count). The molecule has 130 valence electrons. The van der Waals surface area contributed by atoms with Crippen molar-refractivity contribution in [3.63, 3.8) is 0 Å². The van der Waals surface area contributed by atoms with Gasteiger partial charge in [-0.1, -0.05) is 30.3 Å². The van der Waals surface area contributed by atoms with E-state index < -0.39 is 24.2 Å². The van der Waals surface area contributed by atoms with Crippen LogP contribution in [0.3, 0.4) is 0 Å². The van der Waals surface area contributed by atoms with E-state index in [4.69, 9.17) is 10.5 Å². The first-order valence-corrected chi connectivity index (χ1v) is 6.97. The topological polar surface area (TPSA) is 111 Å². The number of carbonyl (C=O) groups is 2. The number of halogens is 1. The second kappa shape index (κ2) is 11.7. The molecule has 0 radical (unpaired) electrons. The molecule has 0 fully saturated rings. The standard InChI is InChI=1S/C15H22N2O5.ClH/c1-21-14(19)8-12(7-13(18)9-16)17-15(20)22-10-11-5-3-2-4-6-11;/h2-6,12-13,18H,7-10,16H2,1H3,(H,17,20);1H/t12-,13-;/m1./s1. The average molecular weight is 347 g/mol. The molecular weight excluding hydrogens is 324 g/mol. The number of esters is 1. The third-order valence-corrected chi connectivity index (χ3v) is 3.00. The van der Waals surface area contributed by atoms with Crippen molar-refractivity contribution < 1.29 is 24.2 Å². The van der Waals surface area contributed by atoms with Gasteiger partial charge in [0.1, 0.15) is 6.61 Å². The first kappa shape index (κ1) is 21.2. The van der Waals surface area contributed by atoms with Crippen LogP contribution in [0.1, 0.15) is 18.4 Å². The second-order valence-corrected chi connectivity index (χ2v) is 4.81. The number of aliphatic hydroxyl groups excluding tert-OH is 1. The molecular formula is C15H23ClN2O5. The van der Waals surface area contributed by atoms with Crippen LogP contribution in [-0.4, -0.2) is 43.0 Å². The predicted octanol–water partition coefficient (Wildman–Crippen LogP) is 0.976. The van der Waals surface area contributed by atoms with Crippen LogP contribution in [0, 0.1) is 0 Å². The van der Waals surface area contributed by atoms with E-state index in [9.17, 15) is 14.7 Å². The van der Waals surface area contributed by atoms with Crippen molar-refractivity contribution in [3.05, 3.63) is 35.9 Å². The summed E-state index contributed by atoms with van der Waals surface area (Å²) >= 11 is 0. The van der Waals surface area contributed by atoms with Gasteiger partial charge < -0.3 is 25.6 Å². The molecule has 0 saturated carbocycles. The number of rotatable bonds is 8. The Morgan fingerprint density at radius 3 is 2.52 bits per heavy atom. The van der Waals surface area contributed by atoms with Gasteiger partial charge in [-0.15, -0.1) is 12.4 Å². The number of carbonyl (C=O) groups excluding carboxylic acids is 2. The van der Waals surface area contributed by atoms with E-state index in [0.29, 0.717) is 0 Å². The molecule has 0 aromatic heterocycles. The molecule has 23 heavy (non-hydrogen) atoms. The Morgan fingerprint density at radius 2 is 1.96 bits per heavy atom. The van der Waals surface area contributed by atoms with E-state index in [1.165, 1.54) is 7.11 Å². The van der Waals surface area contributed by atoms with Crippen molar-refractivity contribution in [3.8, 4) is 0 Å². The summed E-state index contributed by atoms with van der Waals surface area (Å²) in [4.78, 5) is 23.1. The van der Waals surface area contributed by atoms with Gasteiger partial charge in [-0.3, -0.25) is 4.79 Å². The largest absolute Gasteiger partial charge is 0.469 e. The summed E-state index contributed by atoms with van der Waals surface area (Å²) in [6.07, 6.45) is -1.40. The number of aliphatic hydroxyl groups is 1. The highest BCUT2D eigenvalue weighted by Gasteiger charge is 2.20. The van der Waals surface area contributed by atoms with E-state index in [-0.39, 0.29) is 38.4 Å². The molecule has 7 nitrogen and oxygen atoms in total. The van der Waals surface area contributed by atoms with Gasteiger partial charge >= 0.3 is 12.1 Å². The summed E-state index contributed by atoms with van der Waals surface area (Å²) < 4.78 is 9.64. The van der Waals surface area contributed by atoms with Gasteiger partial charge in [0.05, 0.1) is 19.6 Å². The lowest BCUT2D eigenvalue weighted by molar-refractivity contribution is -0.141. The van der Waals surface area contributed by atoms with Gasteiger partial charge in [0, 0.05) is 12.6 Å². The normalized spacial score (nSPS) is 12.5. The minimum absolute atomic E-state index is 0. The van der Waals surface area contributed by atoms with Crippen LogP contribution in [0.2, 0.25) is 0 Å². The molecule has 4 N–H and O–H groups in total. The molecule has 0 unspecified atom stereocenters. The van der Waals surface area contributed by atoms with Crippen molar-refractivity contribution >= 4 is 24.5 Å². The highest BCUT2D eigenvalue weighted by atomic mass is 35.5. The van der Waals surface area contributed by atoms with Crippen LogP contribution < -0.4 is 11.1 Å². The number of methoxy groups -OCH3 is 1. The quantitative estimate of drug-likeness (QED) is 0.605. The van der Waals surface area contributed by atoms with Crippen LogP contribution in [0.5, 0.6) is 0 Å². The maximum absolute atomic E-state index is 11.8. The Labute approximate surface area is 141 Å². The van der Waals surface area contributed by atoms with Crippen molar-refractivity contribution in [1.29, 1.82) is 0 Å². The minimum Gasteiger partial charge on any atom is -0.469 e. The molecule has 0 aliphatic carbocycles. The van der Waals surface area contributed by atoms with Gasteiger partial charge in [-0.05, 0) is 12.0 Å². The fraction of sp³-hybridized carbons (Fsp3) is 0.467. The molecule has 2 atom stereocenters. The third-order valence-electron chi connectivity index (χ3n) is 3.00. The number of amides is 1. The molecule has 1 aromatic carbocycles. The Kier molecular flexibility index (Phi) is 10.8. The van der Waals surface area contributed by atoms with Gasteiger partial charge in [0.15, 0.2) is 0 Å². The number of nitrogens with one attached hydrogen (secondary N) is 1. The first-order chi connectivity index (χ1) is 10.5. The monoisotopic (exact) mass is 346 g/mol. The van der Waals surface area contributed by atoms with Crippen molar-refractivity contribution in [2.75, 3.05) is 13.7 Å². The van der Waals surface area contributed by atoms with Crippen molar-refractivity contribution in [2.45, 2.75) is 31.6 Å². The molecule has 0 spiro atoms. The number of benzene rings is 1. The molecule has 0 aliphatic heterocycles. The zero-order valence-corrected chi connectivity index (χ0v) is 13.8. The Bertz CT molecular complexity index is 472. The lowest BCUT2D eigenvalue weighted by atomic mass is 10.1. The van der Waals surface area contributed by atoms with Crippen molar-refractivity contribution in [1.82, 2.24) is 5.32 Å². The van der Waals surface area contributed by atoms with E-state index in [1.54, 1.807) is 0 Å². The zero-order chi connectivity index (χ0) is 16.4. The van der Waals surface area contributed by atoms with Gasteiger partial charge in [0.25, 0.3) is 0 Å². The SMILES string of the molecule is COC(=O)C[C@@H](C[C@@H](O)CN)NC(=O)OCc1ccccc1.Cl. The number of nitrogens with two attached hydrogens (primary N) is 1.